The Morgan fingerprint density at radius 3 is 2.59 bits per heavy atom. The van der Waals surface area contributed by atoms with Crippen molar-refractivity contribution >= 4 is 21.7 Å². The van der Waals surface area contributed by atoms with Gasteiger partial charge in [0, 0.05) is 12.6 Å². The van der Waals surface area contributed by atoms with E-state index in [0.29, 0.717) is 18.7 Å². The molecule has 2 rings (SSSR count). The van der Waals surface area contributed by atoms with Crippen LogP contribution in [0.25, 0.3) is 0 Å². The van der Waals surface area contributed by atoms with E-state index in [1.807, 2.05) is 26.0 Å². The molecule has 1 heterocycles. The predicted octanol–water partition coefficient (Wildman–Crippen LogP) is 1.65. The number of amides is 1. The fourth-order valence-corrected chi connectivity index (χ4v) is 4.88. The third kappa shape index (κ3) is 5.45. The first-order valence-corrected chi connectivity index (χ1v) is 10.9. The van der Waals surface area contributed by atoms with Crippen molar-refractivity contribution in [2.75, 3.05) is 24.7 Å². The monoisotopic (exact) mass is 397 g/mol. The van der Waals surface area contributed by atoms with Gasteiger partial charge in [-0.05, 0) is 51.3 Å². The van der Waals surface area contributed by atoms with Crippen LogP contribution < -0.4 is 4.74 Å². The SMILES string of the molecule is CCN(C(=O)[C@H](C)OC(=O)COc1cccc(C)c1C)[C@@H]1CCS(=O)(=O)C1. The van der Waals surface area contributed by atoms with Crippen molar-refractivity contribution in [1.29, 1.82) is 0 Å². The minimum Gasteiger partial charge on any atom is -0.482 e. The number of esters is 1. The number of aryl methyl sites for hydroxylation is 1. The maximum absolute atomic E-state index is 12.6. The Labute approximate surface area is 160 Å². The molecule has 1 amide bonds. The maximum Gasteiger partial charge on any atom is 0.344 e. The summed E-state index contributed by atoms with van der Waals surface area (Å²) >= 11 is 0. The molecule has 27 heavy (non-hydrogen) atoms. The van der Waals surface area contributed by atoms with Gasteiger partial charge in [-0.3, -0.25) is 4.79 Å². The molecule has 0 unspecified atom stereocenters. The summed E-state index contributed by atoms with van der Waals surface area (Å²) in [4.78, 5) is 26.1. The Balaban J connectivity index is 1.90. The van der Waals surface area contributed by atoms with E-state index in [0.717, 1.165) is 11.1 Å². The molecule has 1 fully saturated rings. The zero-order chi connectivity index (χ0) is 20.2. The molecule has 0 bridgehead atoms. The Morgan fingerprint density at radius 2 is 2.00 bits per heavy atom. The first-order chi connectivity index (χ1) is 12.6. The van der Waals surface area contributed by atoms with Crippen molar-refractivity contribution in [3.8, 4) is 5.75 Å². The first kappa shape index (κ1) is 21.2. The summed E-state index contributed by atoms with van der Waals surface area (Å²) in [7, 11) is -3.10. The highest BCUT2D eigenvalue weighted by molar-refractivity contribution is 7.91. The van der Waals surface area contributed by atoms with Crippen molar-refractivity contribution in [2.24, 2.45) is 0 Å². The lowest BCUT2D eigenvalue weighted by Gasteiger charge is -2.29. The van der Waals surface area contributed by atoms with Gasteiger partial charge in [0.2, 0.25) is 0 Å². The molecule has 1 saturated heterocycles. The minimum absolute atomic E-state index is 0.0387. The molecular weight excluding hydrogens is 370 g/mol. The van der Waals surface area contributed by atoms with Crippen LogP contribution in [0.1, 0.15) is 31.4 Å². The lowest BCUT2D eigenvalue weighted by Crippen LogP contribution is -2.46. The normalized spacial score (nSPS) is 19.3. The second kappa shape index (κ2) is 8.73. The standard InChI is InChI=1S/C19H27NO6S/c1-5-20(16-9-10-27(23,24)12-16)19(22)15(4)26-18(21)11-25-17-8-6-7-13(2)14(17)3/h6-8,15-16H,5,9-12H2,1-4H3/t15-,16+/m0/s1. The number of benzene rings is 1. The third-order valence-electron chi connectivity index (χ3n) is 4.83. The average molecular weight is 397 g/mol. The molecule has 2 atom stereocenters. The summed E-state index contributed by atoms with van der Waals surface area (Å²) in [6, 6.07) is 5.19. The molecule has 1 aromatic rings. The topological polar surface area (TPSA) is 90.0 Å². The molecule has 7 nitrogen and oxygen atoms in total. The summed E-state index contributed by atoms with van der Waals surface area (Å²) in [5.74, 6) is -0.397. The molecule has 0 radical (unpaired) electrons. The molecule has 0 aromatic heterocycles. The van der Waals surface area contributed by atoms with Crippen molar-refractivity contribution in [3.63, 3.8) is 0 Å². The van der Waals surface area contributed by atoms with Crippen LogP contribution in [-0.2, 0) is 24.2 Å². The second-order valence-electron chi connectivity index (χ2n) is 6.80. The molecule has 1 aromatic carbocycles. The molecular formula is C19H27NO6S. The van der Waals surface area contributed by atoms with Crippen LogP contribution in [0.4, 0.5) is 0 Å². The Hall–Kier alpha value is -2.09. The molecule has 1 aliphatic heterocycles. The highest BCUT2D eigenvalue weighted by atomic mass is 32.2. The molecule has 0 N–H and O–H groups in total. The summed E-state index contributed by atoms with van der Waals surface area (Å²) in [5, 5.41) is 0. The van der Waals surface area contributed by atoms with Crippen molar-refractivity contribution < 1.29 is 27.5 Å². The fourth-order valence-electron chi connectivity index (χ4n) is 3.15. The number of rotatable bonds is 7. The maximum atomic E-state index is 12.6. The van der Waals surface area contributed by atoms with E-state index in [9.17, 15) is 18.0 Å². The van der Waals surface area contributed by atoms with Gasteiger partial charge in [-0.1, -0.05) is 12.1 Å². The zero-order valence-corrected chi connectivity index (χ0v) is 17.0. The predicted molar refractivity (Wildman–Crippen MR) is 101 cm³/mol. The first-order valence-electron chi connectivity index (χ1n) is 9.04. The Bertz CT molecular complexity index is 804. The molecule has 150 valence electrons. The van der Waals surface area contributed by atoms with Crippen LogP contribution in [0.5, 0.6) is 5.75 Å². The number of carbonyl (C=O) groups excluding carboxylic acids is 2. The number of ether oxygens (including phenoxy) is 2. The van der Waals surface area contributed by atoms with Crippen molar-refractivity contribution in [2.45, 2.75) is 46.3 Å². The summed E-state index contributed by atoms with van der Waals surface area (Å²) in [6.07, 6.45) is -0.582. The highest BCUT2D eigenvalue weighted by Crippen LogP contribution is 2.21. The van der Waals surface area contributed by atoms with E-state index in [2.05, 4.69) is 0 Å². The second-order valence-corrected chi connectivity index (χ2v) is 9.03. The van der Waals surface area contributed by atoms with E-state index < -0.39 is 21.9 Å². The van der Waals surface area contributed by atoms with Crippen LogP contribution in [0.3, 0.4) is 0 Å². The quantitative estimate of drug-likeness (QED) is 0.650. The fraction of sp³-hybridized carbons (Fsp3) is 0.579. The van der Waals surface area contributed by atoms with Gasteiger partial charge in [0.1, 0.15) is 5.75 Å². The molecule has 1 aliphatic rings. The van der Waals surface area contributed by atoms with Crippen LogP contribution in [0.2, 0.25) is 0 Å². The molecule has 8 heteroatoms. The smallest absolute Gasteiger partial charge is 0.344 e. The van der Waals surface area contributed by atoms with Gasteiger partial charge in [0.25, 0.3) is 5.91 Å². The largest absolute Gasteiger partial charge is 0.482 e. The number of sulfone groups is 1. The number of carbonyl (C=O) groups is 2. The van der Waals surface area contributed by atoms with Crippen molar-refractivity contribution in [1.82, 2.24) is 4.90 Å². The van der Waals surface area contributed by atoms with E-state index >= 15 is 0 Å². The van der Waals surface area contributed by atoms with Crippen LogP contribution in [0, 0.1) is 13.8 Å². The van der Waals surface area contributed by atoms with Gasteiger partial charge in [0.05, 0.1) is 11.5 Å². The van der Waals surface area contributed by atoms with Gasteiger partial charge < -0.3 is 14.4 Å². The van der Waals surface area contributed by atoms with Crippen LogP contribution in [-0.4, -0.2) is 62.0 Å². The molecule has 0 spiro atoms. The van der Waals surface area contributed by atoms with Gasteiger partial charge in [0.15, 0.2) is 22.5 Å². The van der Waals surface area contributed by atoms with Gasteiger partial charge in [-0.2, -0.15) is 0 Å². The summed E-state index contributed by atoms with van der Waals surface area (Å²) in [5.41, 5.74) is 1.99. The van der Waals surface area contributed by atoms with E-state index in [1.165, 1.54) is 11.8 Å². The number of nitrogens with zero attached hydrogens (tertiary/aromatic N) is 1. The average Bonchev–Trinajstić information content (AvgIpc) is 2.96. The number of hydrogen-bond donors (Lipinski definition) is 0. The lowest BCUT2D eigenvalue weighted by molar-refractivity contribution is -0.161. The van der Waals surface area contributed by atoms with Gasteiger partial charge >= 0.3 is 5.97 Å². The lowest BCUT2D eigenvalue weighted by atomic mass is 10.1. The van der Waals surface area contributed by atoms with E-state index in [4.69, 9.17) is 9.47 Å². The third-order valence-corrected chi connectivity index (χ3v) is 6.58. The Morgan fingerprint density at radius 1 is 1.30 bits per heavy atom. The summed E-state index contributed by atoms with van der Waals surface area (Å²) < 4.78 is 34.0. The Kier molecular flexibility index (Phi) is 6.86. The minimum atomic E-state index is -3.10. The molecule has 0 aliphatic carbocycles. The van der Waals surface area contributed by atoms with Crippen LogP contribution in [0.15, 0.2) is 18.2 Å². The van der Waals surface area contributed by atoms with Gasteiger partial charge in [-0.15, -0.1) is 0 Å². The zero-order valence-electron chi connectivity index (χ0n) is 16.2. The van der Waals surface area contributed by atoms with Crippen LogP contribution >= 0.6 is 0 Å². The van der Waals surface area contributed by atoms with Gasteiger partial charge in [-0.25, -0.2) is 13.2 Å². The number of hydrogen-bond acceptors (Lipinski definition) is 6. The highest BCUT2D eigenvalue weighted by Gasteiger charge is 2.36. The summed E-state index contributed by atoms with van der Waals surface area (Å²) in [6.45, 7) is 7.18. The van der Waals surface area contributed by atoms with E-state index in [1.54, 1.807) is 13.0 Å². The molecule has 0 saturated carbocycles. The number of likely N-dealkylation sites (N-methyl/N-ethyl adjacent to an activating group) is 1. The van der Waals surface area contributed by atoms with E-state index in [-0.39, 0.29) is 30.1 Å². The van der Waals surface area contributed by atoms with Crippen molar-refractivity contribution in [3.05, 3.63) is 29.3 Å².